The molecule has 1 aromatic carbocycles. The lowest BCUT2D eigenvalue weighted by molar-refractivity contribution is 0.472. The summed E-state index contributed by atoms with van der Waals surface area (Å²) in [7, 11) is -3.40. The maximum atomic E-state index is 12.4. The monoisotopic (exact) mass is 354 g/mol. The zero-order valence-electron chi connectivity index (χ0n) is 9.97. The Labute approximate surface area is 122 Å². The molecule has 1 aliphatic heterocycles. The molecule has 0 unspecified atom stereocenters. The van der Waals surface area contributed by atoms with E-state index in [4.69, 9.17) is 5.73 Å². The summed E-state index contributed by atoms with van der Waals surface area (Å²) >= 11 is 3.30. The van der Waals surface area contributed by atoms with Gasteiger partial charge in [0.15, 0.2) is 0 Å². The van der Waals surface area contributed by atoms with Gasteiger partial charge in [0, 0.05) is 23.6 Å². The third-order valence-corrected chi connectivity index (χ3v) is 5.46. The van der Waals surface area contributed by atoms with Crippen molar-refractivity contribution in [2.45, 2.75) is 24.3 Å². The molecule has 0 radical (unpaired) electrons. The molecule has 0 amide bonds. The fourth-order valence-corrected chi connectivity index (χ4v) is 4.24. The van der Waals surface area contributed by atoms with E-state index in [-0.39, 0.29) is 18.4 Å². The van der Waals surface area contributed by atoms with Gasteiger partial charge in [-0.05, 0) is 31.0 Å². The smallest absolute Gasteiger partial charge is 0.243 e. The quantitative estimate of drug-likeness (QED) is 0.881. The highest BCUT2D eigenvalue weighted by atomic mass is 79.9. The first-order valence-corrected chi connectivity index (χ1v) is 7.66. The van der Waals surface area contributed by atoms with Gasteiger partial charge in [-0.1, -0.05) is 22.0 Å². The van der Waals surface area contributed by atoms with Crippen molar-refractivity contribution in [2.75, 3.05) is 13.1 Å². The Morgan fingerprint density at radius 2 is 2.11 bits per heavy atom. The van der Waals surface area contributed by atoms with E-state index in [1.54, 1.807) is 19.1 Å². The summed E-state index contributed by atoms with van der Waals surface area (Å²) in [6, 6.07) is 5.24. The summed E-state index contributed by atoms with van der Waals surface area (Å²) in [5, 5.41) is 0. The van der Waals surface area contributed by atoms with Crippen LogP contribution in [0.15, 0.2) is 27.6 Å². The van der Waals surface area contributed by atoms with E-state index >= 15 is 0 Å². The number of hydrogen-bond acceptors (Lipinski definition) is 3. The van der Waals surface area contributed by atoms with Gasteiger partial charge in [0.2, 0.25) is 10.0 Å². The fraction of sp³-hybridized carbons (Fsp3) is 0.455. The average Bonchev–Trinajstić information content (AvgIpc) is 2.69. The summed E-state index contributed by atoms with van der Waals surface area (Å²) in [6.07, 6.45) is 0.728. The van der Waals surface area contributed by atoms with Crippen LogP contribution < -0.4 is 5.73 Å². The van der Waals surface area contributed by atoms with Crippen molar-refractivity contribution in [1.29, 1.82) is 0 Å². The molecule has 1 atom stereocenters. The molecular weight excluding hydrogens is 340 g/mol. The fourth-order valence-electron chi connectivity index (χ4n) is 1.96. The first-order valence-electron chi connectivity index (χ1n) is 5.43. The molecule has 2 rings (SSSR count). The van der Waals surface area contributed by atoms with Gasteiger partial charge in [0.1, 0.15) is 0 Å². The molecule has 1 aromatic rings. The van der Waals surface area contributed by atoms with Crippen molar-refractivity contribution in [3.63, 3.8) is 0 Å². The Kier molecular flexibility index (Phi) is 5.20. The largest absolute Gasteiger partial charge is 0.326 e. The van der Waals surface area contributed by atoms with Gasteiger partial charge < -0.3 is 5.73 Å². The lowest BCUT2D eigenvalue weighted by Crippen LogP contribution is -2.32. The molecule has 0 bridgehead atoms. The normalized spacial score (nSPS) is 20.7. The third-order valence-electron chi connectivity index (χ3n) is 2.96. The minimum absolute atomic E-state index is 0. The molecule has 0 saturated carbocycles. The predicted molar refractivity (Wildman–Crippen MR) is 77.5 cm³/mol. The molecule has 1 saturated heterocycles. The second kappa shape index (κ2) is 5.88. The zero-order valence-corrected chi connectivity index (χ0v) is 13.2. The standard InChI is InChI=1S/C11H15BrN2O2S.ClH/c1-8-2-3-9(12)6-11(8)17(15,16)14-5-4-10(13)7-14;/h2-3,6,10H,4-5,7,13H2,1H3;1H/t10-;/m1./s1. The maximum absolute atomic E-state index is 12.4. The van der Waals surface area contributed by atoms with E-state index in [9.17, 15) is 8.42 Å². The van der Waals surface area contributed by atoms with Gasteiger partial charge in [0.25, 0.3) is 0 Å². The molecule has 1 aliphatic rings. The Morgan fingerprint density at radius 3 is 2.67 bits per heavy atom. The van der Waals surface area contributed by atoms with Crippen molar-refractivity contribution in [3.05, 3.63) is 28.2 Å². The summed E-state index contributed by atoms with van der Waals surface area (Å²) in [5.74, 6) is 0. The first kappa shape index (κ1) is 15.9. The van der Waals surface area contributed by atoms with E-state index in [1.165, 1.54) is 4.31 Å². The van der Waals surface area contributed by atoms with Crippen molar-refractivity contribution in [2.24, 2.45) is 5.73 Å². The van der Waals surface area contributed by atoms with Crippen LogP contribution in [0.4, 0.5) is 0 Å². The molecule has 7 heteroatoms. The number of halogens is 2. The number of hydrogen-bond donors (Lipinski definition) is 1. The third kappa shape index (κ3) is 3.05. The van der Waals surface area contributed by atoms with Crippen LogP contribution >= 0.6 is 28.3 Å². The molecule has 1 fully saturated rings. The number of sulfonamides is 1. The van der Waals surface area contributed by atoms with Crippen molar-refractivity contribution >= 4 is 38.4 Å². The highest BCUT2D eigenvalue weighted by Crippen LogP contribution is 2.25. The van der Waals surface area contributed by atoms with Crippen LogP contribution in [0.2, 0.25) is 0 Å². The molecular formula is C11H16BrClN2O2S. The molecule has 102 valence electrons. The van der Waals surface area contributed by atoms with E-state index in [0.717, 1.165) is 16.5 Å². The second-order valence-corrected chi connectivity index (χ2v) is 7.14. The Balaban J connectivity index is 0.00000162. The minimum Gasteiger partial charge on any atom is -0.326 e. The molecule has 18 heavy (non-hydrogen) atoms. The van der Waals surface area contributed by atoms with Gasteiger partial charge >= 0.3 is 0 Å². The zero-order chi connectivity index (χ0) is 12.6. The highest BCUT2D eigenvalue weighted by Gasteiger charge is 2.31. The maximum Gasteiger partial charge on any atom is 0.243 e. The molecule has 0 aromatic heterocycles. The van der Waals surface area contributed by atoms with Gasteiger partial charge in [-0.15, -0.1) is 12.4 Å². The van der Waals surface area contributed by atoms with Gasteiger partial charge in [-0.25, -0.2) is 8.42 Å². The lowest BCUT2D eigenvalue weighted by atomic mass is 10.2. The van der Waals surface area contributed by atoms with E-state index in [0.29, 0.717) is 18.0 Å². The number of nitrogens with zero attached hydrogens (tertiary/aromatic N) is 1. The van der Waals surface area contributed by atoms with Crippen LogP contribution in [0.25, 0.3) is 0 Å². The molecule has 4 nitrogen and oxygen atoms in total. The van der Waals surface area contributed by atoms with Crippen LogP contribution in [-0.2, 0) is 10.0 Å². The van der Waals surface area contributed by atoms with Crippen molar-refractivity contribution < 1.29 is 8.42 Å². The van der Waals surface area contributed by atoms with Crippen LogP contribution in [0.3, 0.4) is 0 Å². The minimum atomic E-state index is -3.40. The Bertz CT molecular complexity index is 536. The molecule has 0 aliphatic carbocycles. The van der Waals surface area contributed by atoms with Crippen molar-refractivity contribution in [1.82, 2.24) is 4.31 Å². The van der Waals surface area contributed by atoms with Crippen LogP contribution in [-0.4, -0.2) is 31.9 Å². The van der Waals surface area contributed by atoms with Gasteiger partial charge in [-0.2, -0.15) is 4.31 Å². The number of nitrogens with two attached hydrogens (primary N) is 1. The Hall–Kier alpha value is -0.140. The number of aryl methyl sites for hydroxylation is 1. The van der Waals surface area contributed by atoms with Gasteiger partial charge in [-0.3, -0.25) is 0 Å². The average molecular weight is 356 g/mol. The summed E-state index contributed by atoms with van der Waals surface area (Å²) in [6.45, 7) is 2.72. The number of rotatable bonds is 2. The number of benzene rings is 1. The SMILES string of the molecule is Cc1ccc(Br)cc1S(=O)(=O)N1CC[C@@H](N)C1.Cl. The Morgan fingerprint density at radius 1 is 1.44 bits per heavy atom. The van der Waals surface area contributed by atoms with Crippen LogP contribution in [0, 0.1) is 6.92 Å². The van der Waals surface area contributed by atoms with Gasteiger partial charge in [0.05, 0.1) is 4.90 Å². The van der Waals surface area contributed by atoms with E-state index in [2.05, 4.69) is 15.9 Å². The molecule has 2 N–H and O–H groups in total. The molecule has 0 spiro atoms. The second-order valence-electron chi connectivity index (χ2n) is 4.32. The van der Waals surface area contributed by atoms with Crippen molar-refractivity contribution in [3.8, 4) is 0 Å². The van der Waals surface area contributed by atoms with Crippen LogP contribution in [0.5, 0.6) is 0 Å². The lowest BCUT2D eigenvalue weighted by Gasteiger charge is -2.17. The summed E-state index contributed by atoms with van der Waals surface area (Å²) < 4.78 is 27.0. The highest BCUT2D eigenvalue weighted by molar-refractivity contribution is 9.10. The summed E-state index contributed by atoms with van der Waals surface area (Å²) in [5.41, 5.74) is 6.51. The predicted octanol–water partition coefficient (Wildman–Crippen LogP) is 1.90. The van der Waals surface area contributed by atoms with E-state index in [1.807, 2.05) is 6.07 Å². The summed E-state index contributed by atoms with van der Waals surface area (Å²) in [4.78, 5) is 0.362. The van der Waals surface area contributed by atoms with E-state index < -0.39 is 10.0 Å². The van der Waals surface area contributed by atoms with Crippen LogP contribution in [0.1, 0.15) is 12.0 Å². The topological polar surface area (TPSA) is 63.4 Å². The first-order chi connectivity index (χ1) is 7.91. The molecule has 1 heterocycles.